The van der Waals surface area contributed by atoms with Crippen LogP contribution in [0.3, 0.4) is 0 Å². The van der Waals surface area contributed by atoms with E-state index in [1.165, 1.54) is 5.56 Å². The first-order chi connectivity index (χ1) is 7.63. The zero-order valence-corrected chi connectivity index (χ0v) is 11.2. The molecule has 0 atom stereocenters. The molecule has 0 spiro atoms. The molecule has 0 aliphatic heterocycles. The van der Waals surface area contributed by atoms with Crippen LogP contribution in [0, 0.1) is 18.3 Å². The number of aryl methyl sites for hydroxylation is 1. The molecule has 0 aliphatic carbocycles. The van der Waals surface area contributed by atoms with Crippen molar-refractivity contribution in [2.45, 2.75) is 13.3 Å². The van der Waals surface area contributed by atoms with Gasteiger partial charge in [-0.15, -0.1) is 0 Å². The number of rotatable bonds is 3. The van der Waals surface area contributed by atoms with Crippen LogP contribution in [0.4, 0.5) is 5.69 Å². The Morgan fingerprint density at radius 3 is 2.62 bits per heavy atom. The van der Waals surface area contributed by atoms with Crippen LogP contribution in [0.25, 0.3) is 0 Å². The second kappa shape index (κ2) is 6.32. The molecule has 0 N–H and O–H groups in total. The van der Waals surface area contributed by atoms with Crippen LogP contribution in [0.5, 0.6) is 0 Å². The van der Waals surface area contributed by atoms with Crippen molar-refractivity contribution in [1.82, 2.24) is 4.90 Å². The first-order valence-electron chi connectivity index (χ1n) is 5.04. The van der Waals surface area contributed by atoms with Gasteiger partial charge < -0.3 is 0 Å². The zero-order chi connectivity index (χ0) is 12.0. The molecular formula is C12H14N3Se. The van der Waals surface area contributed by atoms with E-state index in [2.05, 4.69) is 27.1 Å². The summed E-state index contributed by atoms with van der Waals surface area (Å²) in [4.78, 5) is 6.36. The number of nitrogens with zero attached hydrogens (tertiary/aromatic N) is 3. The van der Waals surface area contributed by atoms with Crippen molar-refractivity contribution in [3.63, 3.8) is 0 Å². The third-order valence-corrected chi connectivity index (χ3v) is 2.99. The van der Waals surface area contributed by atoms with Crippen LogP contribution in [-0.4, -0.2) is 39.2 Å². The number of aliphatic imine (C=N–C) groups is 1. The molecule has 0 bridgehead atoms. The van der Waals surface area contributed by atoms with Crippen LogP contribution >= 0.6 is 0 Å². The van der Waals surface area contributed by atoms with Gasteiger partial charge in [0.2, 0.25) is 0 Å². The summed E-state index contributed by atoms with van der Waals surface area (Å²) in [5.74, 6) is 0. The number of hydrogen-bond donors (Lipinski definition) is 0. The summed E-state index contributed by atoms with van der Waals surface area (Å²) in [7, 11) is 1.92. The van der Waals surface area contributed by atoms with Gasteiger partial charge in [-0.05, 0) is 0 Å². The van der Waals surface area contributed by atoms with Gasteiger partial charge in [0.25, 0.3) is 0 Å². The Morgan fingerprint density at radius 2 is 2.06 bits per heavy atom. The summed E-state index contributed by atoms with van der Waals surface area (Å²) in [5.41, 5.74) is 2.14. The fourth-order valence-corrected chi connectivity index (χ4v) is 1.54. The first-order valence-corrected chi connectivity index (χ1v) is 5.89. The maximum atomic E-state index is 8.49. The fourth-order valence-electron chi connectivity index (χ4n) is 1.13. The van der Waals surface area contributed by atoms with Crippen molar-refractivity contribution in [2.24, 2.45) is 4.99 Å². The number of hydrogen-bond acceptors (Lipinski definition) is 2. The number of benzene rings is 1. The maximum absolute atomic E-state index is 8.49. The summed E-state index contributed by atoms with van der Waals surface area (Å²) in [6, 6.07) is 10.1. The van der Waals surface area contributed by atoms with Gasteiger partial charge in [-0.1, -0.05) is 0 Å². The fraction of sp³-hybridized carbons (Fsp3) is 0.333. The quantitative estimate of drug-likeness (QED) is 0.482. The van der Waals surface area contributed by atoms with Crippen molar-refractivity contribution < 1.29 is 0 Å². The normalized spacial score (nSPS) is 10.9. The summed E-state index contributed by atoms with van der Waals surface area (Å²) >= 11 is 2.92. The average molecular weight is 279 g/mol. The number of nitriles is 1. The third-order valence-electron chi connectivity index (χ3n) is 2.14. The molecule has 0 amide bonds. The minimum atomic E-state index is 0.505. The van der Waals surface area contributed by atoms with Gasteiger partial charge in [0.1, 0.15) is 0 Å². The van der Waals surface area contributed by atoms with Gasteiger partial charge in [0.15, 0.2) is 0 Å². The van der Waals surface area contributed by atoms with Gasteiger partial charge in [0, 0.05) is 0 Å². The Bertz CT molecular complexity index is 403. The number of amidine groups is 1. The van der Waals surface area contributed by atoms with Crippen molar-refractivity contribution in [3.8, 4) is 6.07 Å². The van der Waals surface area contributed by atoms with E-state index < -0.39 is 0 Å². The van der Waals surface area contributed by atoms with Crippen molar-refractivity contribution in [3.05, 3.63) is 29.8 Å². The van der Waals surface area contributed by atoms with E-state index in [1.807, 2.05) is 43.1 Å². The third kappa shape index (κ3) is 4.06. The molecule has 0 heterocycles. The second-order valence-corrected chi connectivity index (χ2v) is 4.33. The SMILES string of the molecule is Cc1ccc(N=C([Se])N(C)CCC#N)cc1. The standard InChI is InChI=1S/C12H14N3Se/c1-10-4-6-11(7-5-10)14-12(16)15(2)9-3-8-13/h4-7H,3,9H2,1-2H3. The van der Waals surface area contributed by atoms with E-state index in [0.717, 1.165) is 10.4 Å². The molecule has 0 unspecified atom stereocenters. The predicted molar refractivity (Wildman–Crippen MR) is 66.9 cm³/mol. The second-order valence-electron chi connectivity index (χ2n) is 3.56. The Kier molecular flexibility index (Phi) is 5.04. The molecule has 1 radical (unpaired) electrons. The summed E-state index contributed by atoms with van der Waals surface area (Å²) < 4.78 is 0.805. The van der Waals surface area contributed by atoms with Crippen LogP contribution in [-0.2, 0) is 0 Å². The van der Waals surface area contributed by atoms with E-state index in [1.54, 1.807) is 0 Å². The molecule has 1 rings (SSSR count). The van der Waals surface area contributed by atoms with Gasteiger partial charge in [-0.3, -0.25) is 0 Å². The van der Waals surface area contributed by atoms with Gasteiger partial charge in [0.05, 0.1) is 0 Å². The summed E-state index contributed by atoms with van der Waals surface area (Å²) in [6.45, 7) is 2.74. The van der Waals surface area contributed by atoms with Crippen LogP contribution in [0.15, 0.2) is 29.3 Å². The molecule has 83 valence electrons. The molecule has 0 aromatic heterocycles. The minimum absolute atomic E-state index is 0.505. The summed E-state index contributed by atoms with van der Waals surface area (Å²) in [6.07, 6.45) is 0.505. The van der Waals surface area contributed by atoms with Gasteiger partial charge in [-0.2, -0.15) is 0 Å². The Morgan fingerprint density at radius 1 is 1.44 bits per heavy atom. The molecule has 4 heteroatoms. The first kappa shape index (κ1) is 12.8. The molecule has 0 fully saturated rings. The van der Waals surface area contributed by atoms with E-state index >= 15 is 0 Å². The van der Waals surface area contributed by atoms with E-state index in [-0.39, 0.29) is 0 Å². The van der Waals surface area contributed by atoms with Crippen molar-refractivity contribution in [1.29, 1.82) is 5.26 Å². The van der Waals surface area contributed by atoms with Crippen LogP contribution in [0.1, 0.15) is 12.0 Å². The van der Waals surface area contributed by atoms with E-state index in [4.69, 9.17) is 5.26 Å². The predicted octanol–water partition coefficient (Wildman–Crippen LogP) is 2.00. The molecule has 0 saturated carbocycles. The molecule has 16 heavy (non-hydrogen) atoms. The molecule has 0 saturated heterocycles. The topological polar surface area (TPSA) is 39.4 Å². The molecule has 0 aliphatic rings. The Hall–Kier alpha value is -1.30. The Balaban J connectivity index is 2.69. The average Bonchev–Trinajstić information content (AvgIpc) is 2.29. The molecular weight excluding hydrogens is 265 g/mol. The van der Waals surface area contributed by atoms with Gasteiger partial charge in [-0.25, -0.2) is 0 Å². The van der Waals surface area contributed by atoms with E-state index in [9.17, 15) is 0 Å². The monoisotopic (exact) mass is 280 g/mol. The van der Waals surface area contributed by atoms with Crippen molar-refractivity contribution >= 4 is 26.4 Å². The molecule has 1 aromatic carbocycles. The zero-order valence-electron chi connectivity index (χ0n) is 9.47. The van der Waals surface area contributed by atoms with Crippen LogP contribution < -0.4 is 0 Å². The molecule has 3 nitrogen and oxygen atoms in total. The Labute approximate surface area is 105 Å². The summed E-state index contributed by atoms with van der Waals surface area (Å²) in [5, 5.41) is 8.49. The van der Waals surface area contributed by atoms with Crippen LogP contribution in [0.2, 0.25) is 0 Å². The van der Waals surface area contributed by atoms with Gasteiger partial charge >= 0.3 is 104 Å². The van der Waals surface area contributed by atoms with E-state index in [0.29, 0.717) is 13.0 Å². The van der Waals surface area contributed by atoms with Crippen molar-refractivity contribution in [2.75, 3.05) is 13.6 Å². The molecule has 1 aromatic rings.